The summed E-state index contributed by atoms with van der Waals surface area (Å²) < 4.78 is 37.9. The second-order valence-electron chi connectivity index (χ2n) is 8.30. The number of carbonyl (C=O) groups excluding carboxylic acids is 1. The van der Waals surface area contributed by atoms with E-state index in [9.17, 15) is 13.2 Å². The summed E-state index contributed by atoms with van der Waals surface area (Å²) >= 11 is 6.17. The number of hydrogen-bond acceptors (Lipinski definition) is 7. The third-order valence-electron chi connectivity index (χ3n) is 4.82. The predicted molar refractivity (Wildman–Crippen MR) is 111 cm³/mol. The van der Waals surface area contributed by atoms with Gasteiger partial charge >= 0.3 is 5.97 Å². The van der Waals surface area contributed by atoms with Crippen molar-refractivity contribution in [1.82, 2.24) is 14.4 Å². The minimum atomic E-state index is -3.80. The Hall–Kier alpha value is -1.97. The van der Waals surface area contributed by atoms with E-state index in [2.05, 4.69) is 10.1 Å². The van der Waals surface area contributed by atoms with Gasteiger partial charge in [-0.2, -0.15) is 9.29 Å². The molecule has 1 aromatic heterocycles. The minimum Gasteiger partial charge on any atom is -0.452 e. The number of esters is 1. The maximum Gasteiger partial charge on any atom is 0.338 e. The Bertz CT molecular complexity index is 1010. The molecule has 30 heavy (non-hydrogen) atoms. The molecule has 1 aliphatic heterocycles. The van der Waals surface area contributed by atoms with Crippen molar-refractivity contribution >= 4 is 27.6 Å². The Labute approximate surface area is 181 Å². The van der Waals surface area contributed by atoms with Crippen molar-refractivity contribution in [2.75, 3.05) is 13.1 Å². The van der Waals surface area contributed by atoms with Gasteiger partial charge in [-0.1, -0.05) is 50.4 Å². The van der Waals surface area contributed by atoms with Gasteiger partial charge in [0.2, 0.25) is 10.0 Å². The molecule has 2 heterocycles. The van der Waals surface area contributed by atoms with E-state index in [1.165, 1.54) is 22.5 Å². The lowest BCUT2D eigenvalue weighted by Gasteiger charge is -2.20. The molecule has 164 valence electrons. The molecule has 0 amide bonds. The van der Waals surface area contributed by atoms with E-state index in [0.717, 1.165) is 25.7 Å². The maximum atomic E-state index is 13.1. The Morgan fingerprint density at radius 3 is 2.47 bits per heavy atom. The summed E-state index contributed by atoms with van der Waals surface area (Å²) in [4.78, 5) is 16.6. The standard InChI is InChI=1S/C20H26ClN3O5S/c1-20(2,3)19-22-17(29-23-19)13-28-18(25)14-8-9-15(21)16(12-14)30(26,27)24-10-6-4-5-7-11-24/h8-9,12H,4-7,10-11,13H2,1-3H3. The molecule has 0 radical (unpaired) electrons. The van der Waals surface area contributed by atoms with E-state index in [0.29, 0.717) is 18.9 Å². The zero-order chi connectivity index (χ0) is 21.9. The monoisotopic (exact) mass is 455 g/mol. The van der Waals surface area contributed by atoms with Crippen molar-refractivity contribution in [3.8, 4) is 0 Å². The fourth-order valence-corrected chi connectivity index (χ4v) is 5.10. The Kier molecular flexibility index (Phi) is 6.84. The van der Waals surface area contributed by atoms with E-state index in [4.69, 9.17) is 20.9 Å². The number of sulfonamides is 1. The number of hydrogen-bond donors (Lipinski definition) is 0. The molecule has 0 atom stereocenters. The Morgan fingerprint density at radius 1 is 1.20 bits per heavy atom. The van der Waals surface area contributed by atoms with Gasteiger partial charge in [-0.15, -0.1) is 0 Å². The molecule has 1 saturated heterocycles. The normalized spacial score (nSPS) is 16.3. The number of carbonyl (C=O) groups is 1. The highest BCUT2D eigenvalue weighted by atomic mass is 35.5. The first kappa shape index (κ1) is 22.7. The van der Waals surface area contributed by atoms with Crippen molar-refractivity contribution in [2.45, 2.75) is 63.4 Å². The summed E-state index contributed by atoms with van der Waals surface area (Å²) in [5.41, 5.74) is -0.207. The van der Waals surface area contributed by atoms with Crippen LogP contribution < -0.4 is 0 Å². The average molecular weight is 456 g/mol. The summed E-state index contributed by atoms with van der Waals surface area (Å²) in [6.07, 6.45) is 3.61. The Balaban J connectivity index is 1.75. The van der Waals surface area contributed by atoms with E-state index in [1.807, 2.05) is 20.8 Å². The first-order valence-electron chi connectivity index (χ1n) is 9.89. The molecule has 8 nitrogen and oxygen atoms in total. The van der Waals surface area contributed by atoms with Gasteiger partial charge in [-0.25, -0.2) is 13.2 Å². The largest absolute Gasteiger partial charge is 0.452 e. The highest BCUT2D eigenvalue weighted by molar-refractivity contribution is 7.89. The lowest BCUT2D eigenvalue weighted by molar-refractivity contribution is 0.0429. The molecule has 0 unspecified atom stereocenters. The number of nitrogens with zero attached hydrogens (tertiary/aromatic N) is 3. The van der Waals surface area contributed by atoms with Gasteiger partial charge in [0.1, 0.15) is 4.90 Å². The van der Waals surface area contributed by atoms with Crippen LogP contribution in [0.4, 0.5) is 0 Å². The van der Waals surface area contributed by atoms with Crippen molar-refractivity contribution < 1.29 is 22.5 Å². The second kappa shape index (κ2) is 9.03. The molecule has 1 fully saturated rings. The smallest absolute Gasteiger partial charge is 0.338 e. The lowest BCUT2D eigenvalue weighted by Crippen LogP contribution is -2.32. The maximum absolute atomic E-state index is 13.1. The fraction of sp³-hybridized carbons (Fsp3) is 0.550. The SMILES string of the molecule is CC(C)(C)c1noc(COC(=O)c2ccc(Cl)c(S(=O)(=O)N3CCCCCC3)c2)n1. The zero-order valence-electron chi connectivity index (χ0n) is 17.4. The number of benzene rings is 1. The quantitative estimate of drug-likeness (QED) is 0.629. The molecule has 0 spiro atoms. The summed E-state index contributed by atoms with van der Waals surface area (Å²) in [7, 11) is -3.80. The van der Waals surface area contributed by atoms with Crippen LogP contribution in [-0.4, -0.2) is 41.9 Å². The minimum absolute atomic E-state index is 0.0718. The van der Waals surface area contributed by atoms with E-state index < -0.39 is 16.0 Å². The average Bonchev–Trinajstić information content (AvgIpc) is 3.00. The van der Waals surface area contributed by atoms with Gasteiger partial charge in [0.05, 0.1) is 10.6 Å². The van der Waals surface area contributed by atoms with Crippen molar-refractivity contribution in [3.05, 3.63) is 40.5 Å². The summed E-state index contributed by atoms with van der Waals surface area (Å²) in [5, 5.41) is 3.95. The number of ether oxygens (including phenoxy) is 1. The molecule has 2 aromatic rings. The molecule has 0 saturated carbocycles. The van der Waals surface area contributed by atoms with Crippen LogP contribution in [-0.2, 0) is 26.8 Å². The van der Waals surface area contributed by atoms with E-state index in [1.54, 1.807) is 0 Å². The first-order chi connectivity index (χ1) is 14.1. The predicted octanol–water partition coefficient (Wildman–Crippen LogP) is 3.94. The molecule has 0 aliphatic carbocycles. The zero-order valence-corrected chi connectivity index (χ0v) is 18.9. The number of halogens is 1. The third kappa shape index (κ3) is 5.19. The second-order valence-corrected chi connectivity index (χ2v) is 10.6. The molecular formula is C20H26ClN3O5S. The first-order valence-corrected chi connectivity index (χ1v) is 11.7. The van der Waals surface area contributed by atoms with E-state index >= 15 is 0 Å². The van der Waals surface area contributed by atoms with Gasteiger partial charge < -0.3 is 9.26 Å². The summed E-state index contributed by atoms with van der Waals surface area (Å²) in [5.74, 6) is -0.0278. The van der Waals surface area contributed by atoms with Crippen LogP contribution in [0.15, 0.2) is 27.6 Å². The molecule has 10 heteroatoms. The van der Waals surface area contributed by atoms with Gasteiger partial charge in [-0.3, -0.25) is 0 Å². The van der Waals surface area contributed by atoms with Crippen LogP contribution in [0.3, 0.4) is 0 Å². The summed E-state index contributed by atoms with van der Waals surface area (Å²) in [6, 6.07) is 4.09. The Morgan fingerprint density at radius 2 is 1.87 bits per heavy atom. The van der Waals surface area contributed by atoms with Gasteiger partial charge in [0, 0.05) is 18.5 Å². The van der Waals surface area contributed by atoms with Crippen molar-refractivity contribution in [3.63, 3.8) is 0 Å². The summed E-state index contributed by atoms with van der Waals surface area (Å²) in [6.45, 7) is 6.49. The van der Waals surface area contributed by atoms with Crippen molar-refractivity contribution in [2.24, 2.45) is 0 Å². The topological polar surface area (TPSA) is 103 Å². The van der Waals surface area contributed by atoms with Crippen molar-refractivity contribution in [1.29, 1.82) is 0 Å². The highest BCUT2D eigenvalue weighted by Crippen LogP contribution is 2.28. The number of rotatable bonds is 5. The molecule has 3 rings (SSSR count). The van der Waals surface area contributed by atoms with Gasteiger partial charge in [0.15, 0.2) is 12.4 Å². The molecule has 1 aliphatic rings. The van der Waals surface area contributed by atoms with Crippen LogP contribution in [0.5, 0.6) is 0 Å². The van der Waals surface area contributed by atoms with Crippen LogP contribution >= 0.6 is 11.6 Å². The molecular weight excluding hydrogens is 430 g/mol. The molecule has 0 bridgehead atoms. The van der Waals surface area contributed by atoms with E-state index in [-0.39, 0.29) is 33.4 Å². The molecule has 0 N–H and O–H groups in total. The number of aromatic nitrogens is 2. The highest BCUT2D eigenvalue weighted by Gasteiger charge is 2.28. The van der Waals surface area contributed by atoms with Crippen LogP contribution in [0.1, 0.15) is 68.5 Å². The third-order valence-corrected chi connectivity index (χ3v) is 7.20. The van der Waals surface area contributed by atoms with Gasteiger partial charge in [0.25, 0.3) is 5.89 Å². The van der Waals surface area contributed by atoms with Gasteiger partial charge in [-0.05, 0) is 31.0 Å². The van der Waals surface area contributed by atoms with Crippen LogP contribution in [0.25, 0.3) is 0 Å². The molecule has 1 aromatic carbocycles. The van der Waals surface area contributed by atoms with Crippen LogP contribution in [0, 0.1) is 0 Å². The fourth-order valence-electron chi connectivity index (χ4n) is 3.08. The van der Waals surface area contributed by atoms with Crippen LogP contribution in [0.2, 0.25) is 5.02 Å². The lowest BCUT2D eigenvalue weighted by atomic mass is 9.96.